The second-order valence-electron chi connectivity index (χ2n) is 5.51. The van der Waals surface area contributed by atoms with Gasteiger partial charge in [0.25, 0.3) is 0 Å². The molecule has 0 amide bonds. The van der Waals surface area contributed by atoms with Crippen LogP contribution in [-0.2, 0) is 10.3 Å². The minimum Gasteiger partial charge on any atom is -0.494 e. The van der Waals surface area contributed by atoms with Crippen LogP contribution in [0.25, 0.3) is 0 Å². The SMILES string of the molecule is CCOc1ccc(C(C)(NC2CCCC2)C(=O)O)cc1. The number of ether oxygens (including phenoxy) is 1. The maximum Gasteiger partial charge on any atom is 0.328 e. The largest absolute Gasteiger partial charge is 0.494 e. The quantitative estimate of drug-likeness (QED) is 0.839. The van der Waals surface area contributed by atoms with Crippen LogP contribution in [0, 0.1) is 0 Å². The number of rotatable bonds is 6. The van der Waals surface area contributed by atoms with Crippen LogP contribution in [0.15, 0.2) is 24.3 Å². The molecule has 1 aromatic carbocycles. The number of hydrogen-bond acceptors (Lipinski definition) is 3. The fourth-order valence-corrected chi connectivity index (χ4v) is 2.80. The van der Waals surface area contributed by atoms with Crippen LogP contribution in [0.3, 0.4) is 0 Å². The van der Waals surface area contributed by atoms with Gasteiger partial charge in [-0.1, -0.05) is 25.0 Å². The third-order valence-corrected chi connectivity index (χ3v) is 4.02. The molecule has 0 heterocycles. The Balaban J connectivity index is 2.19. The van der Waals surface area contributed by atoms with E-state index in [0.717, 1.165) is 24.2 Å². The summed E-state index contributed by atoms with van der Waals surface area (Å²) < 4.78 is 5.40. The van der Waals surface area contributed by atoms with Crippen LogP contribution in [0.5, 0.6) is 5.75 Å². The van der Waals surface area contributed by atoms with Crippen molar-refractivity contribution in [3.8, 4) is 5.75 Å². The summed E-state index contributed by atoms with van der Waals surface area (Å²) >= 11 is 0. The van der Waals surface area contributed by atoms with Crippen molar-refractivity contribution in [3.63, 3.8) is 0 Å². The Kier molecular flexibility index (Phi) is 4.65. The molecule has 1 fully saturated rings. The average molecular weight is 277 g/mol. The lowest BCUT2D eigenvalue weighted by atomic mass is 9.90. The van der Waals surface area contributed by atoms with Crippen LogP contribution in [0.4, 0.5) is 0 Å². The highest BCUT2D eigenvalue weighted by molar-refractivity contribution is 5.80. The molecule has 4 heteroatoms. The molecule has 20 heavy (non-hydrogen) atoms. The zero-order valence-corrected chi connectivity index (χ0v) is 12.2. The molecule has 1 aliphatic rings. The van der Waals surface area contributed by atoms with Crippen molar-refractivity contribution in [2.45, 2.75) is 51.1 Å². The molecule has 4 nitrogen and oxygen atoms in total. The van der Waals surface area contributed by atoms with E-state index in [2.05, 4.69) is 5.32 Å². The van der Waals surface area contributed by atoms with E-state index in [1.807, 2.05) is 31.2 Å². The number of carboxylic acid groups (broad SMARTS) is 1. The van der Waals surface area contributed by atoms with E-state index >= 15 is 0 Å². The van der Waals surface area contributed by atoms with Crippen molar-refractivity contribution >= 4 is 5.97 Å². The molecular formula is C16H23NO3. The fraction of sp³-hybridized carbons (Fsp3) is 0.562. The van der Waals surface area contributed by atoms with E-state index < -0.39 is 11.5 Å². The Morgan fingerprint density at radius 3 is 2.45 bits per heavy atom. The number of hydrogen-bond donors (Lipinski definition) is 2. The van der Waals surface area contributed by atoms with Gasteiger partial charge in [-0.2, -0.15) is 0 Å². The normalized spacial score (nSPS) is 18.7. The van der Waals surface area contributed by atoms with E-state index in [4.69, 9.17) is 4.74 Å². The molecule has 0 radical (unpaired) electrons. The third-order valence-electron chi connectivity index (χ3n) is 4.02. The van der Waals surface area contributed by atoms with E-state index in [-0.39, 0.29) is 0 Å². The molecule has 0 aliphatic heterocycles. The monoisotopic (exact) mass is 277 g/mol. The van der Waals surface area contributed by atoms with Gasteiger partial charge in [-0.25, -0.2) is 4.79 Å². The zero-order chi connectivity index (χ0) is 14.6. The van der Waals surface area contributed by atoms with Gasteiger partial charge in [-0.05, 0) is 44.4 Å². The molecule has 1 unspecified atom stereocenters. The maximum atomic E-state index is 11.7. The number of aliphatic carboxylic acids is 1. The van der Waals surface area contributed by atoms with Gasteiger partial charge < -0.3 is 9.84 Å². The first-order chi connectivity index (χ1) is 9.56. The average Bonchev–Trinajstić information content (AvgIpc) is 2.92. The second-order valence-corrected chi connectivity index (χ2v) is 5.51. The highest BCUT2D eigenvalue weighted by atomic mass is 16.5. The highest BCUT2D eigenvalue weighted by Gasteiger charge is 2.37. The first-order valence-electron chi connectivity index (χ1n) is 7.30. The summed E-state index contributed by atoms with van der Waals surface area (Å²) in [4.78, 5) is 11.7. The third kappa shape index (κ3) is 3.12. The van der Waals surface area contributed by atoms with E-state index in [1.54, 1.807) is 6.92 Å². The fourth-order valence-electron chi connectivity index (χ4n) is 2.80. The van der Waals surface area contributed by atoms with Gasteiger partial charge in [-0.15, -0.1) is 0 Å². The molecule has 1 aliphatic carbocycles. The zero-order valence-electron chi connectivity index (χ0n) is 12.2. The summed E-state index contributed by atoms with van der Waals surface area (Å²) in [6, 6.07) is 7.62. The predicted octanol–water partition coefficient (Wildman–Crippen LogP) is 2.92. The molecule has 2 N–H and O–H groups in total. The number of benzene rings is 1. The summed E-state index contributed by atoms with van der Waals surface area (Å²) in [5.74, 6) is -0.0709. The van der Waals surface area contributed by atoms with Gasteiger partial charge in [0.15, 0.2) is 0 Å². The Bertz CT molecular complexity index is 451. The van der Waals surface area contributed by atoms with Crippen LogP contribution >= 0.6 is 0 Å². The molecule has 1 aromatic rings. The molecule has 0 aromatic heterocycles. The summed E-state index contributed by atoms with van der Waals surface area (Å²) in [7, 11) is 0. The van der Waals surface area contributed by atoms with Crippen molar-refractivity contribution in [2.75, 3.05) is 6.61 Å². The molecule has 1 atom stereocenters. The lowest BCUT2D eigenvalue weighted by Gasteiger charge is -2.30. The summed E-state index contributed by atoms with van der Waals surface area (Å²) in [6.45, 7) is 4.27. The lowest BCUT2D eigenvalue weighted by Crippen LogP contribution is -2.50. The first kappa shape index (κ1) is 14.9. The summed E-state index contributed by atoms with van der Waals surface area (Å²) in [6.07, 6.45) is 4.47. The van der Waals surface area contributed by atoms with Gasteiger partial charge in [0.2, 0.25) is 0 Å². The number of nitrogens with one attached hydrogen (secondary N) is 1. The molecule has 1 saturated carbocycles. The van der Waals surface area contributed by atoms with Gasteiger partial charge >= 0.3 is 5.97 Å². The first-order valence-corrected chi connectivity index (χ1v) is 7.30. The Morgan fingerprint density at radius 1 is 1.35 bits per heavy atom. The molecule has 0 bridgehead atoms. The van der Waals surface area contributed by atoms with Crippen molar-refractivity contribution in [1.29, 1.82) is 0 Å². The van der Waals surface area contributed by atoms with Crippen LogP contribution in [-0.4, -0.2) is 23.7 Å². The molecule has 0 spiro atoms. The number of carboxylic acids is 1. The minimum atomic E-state index is -1.04. The van der Waals surface area contributed by atoms with Crippen molar-refractivity contribution in [2.24, 2.45) is 0 Å². The summed E-state index contributed by atoms with van der Waals surface area (Å²) in [5, 5.41) is 12.9. The number of carbonyl (C=O) groups is 1. The van der Waals surface area contributed by atoms with Crippen molar-refractivity contribution in [3.05, 3.63) is 29.8 Å². The molecule has 0 saturated heterocycles. The van der Waals surface area contributed by atoms with E-state index in [9.17, 15) is 9.90 Å². The minimum absolute atomic E-state index is 0.294. The Labute approximate surface area is 120 Å². The van der Waals surface area contributed by atoms with Crippen LogP contribution < -0.4 is 10.1 Å². The van der Waals surface area contributed by atoms with Crippen LogP contribution in [0.1, 0.15) is 45.1 Å². The topological polar surface area (TPSA) is 58.6 Å². The van der Waals surface area contributed by atoms with E-state index in [0.29, 0.717) is 12.6 Å². The van der Waals surface area contributed by atoms with Gasteiger partial charge in [-0.3, -0.25) is 5.32 Å². The Morgan fingerprint density at radius 2 is 1.95 bits per heavy atom. The molecular weight excluding hydrogens is 254 g/mol. The van der Waals surface area contributed by atoms with Gasteiger partial charge in [0, 0.05) is 6.04 Å². The van der Waals surface area contributed by atoms with Crippen LogP contribution in [0.2, 0.25) is 0 Å². The lowest BCUT2D eigenvalue weighted by molar-refractivity contribution is -0.145. The van der Waals surface area contributed by atoms with Crippen molar-refractivity contribution < 1.29 is 14.6 Å². The van der Waals surface area contributed by atoms with Gasteiger partial charge in [0.05, 0.1) is 6.61 Å². The smallest absolute Gasteiger partial charge is 0.328 e. The van der Waals surface area contributed by atoms with E-state index in [1.165, 1.54) is 12.8 Å². The standard InChI is InChI=1S/C16H23NO3/c1-3-20-14-10-8-12(9-11-14)16(2,15(18)19)17-13-6-4-5-7-13/h8-11,13,17H,3-7H2,1-2H3,(H,18,19). The molecule has 110 valence electrons. The van der Waals surface area contributed by atoms with Gasteiger partial charge in [0.1, 0.15) is 11.3 Å². The molecule has 2 rings (SSSR count). The van der Waals surface area contributed by atoms with Crippen molar-refractivity contribution in [1.82, 2.24) is 5.32 Å². The Hall–Kier alpha value is -1.55. The maximum absolute atomic E-state index is 11.7. The summed E-state index contributed by atoms with van der Waals surface area (Å²) in [5.41, 5.74) is -0.278. The second kappa shape index (κ2) is 6.27. The predicted molar refractivity (Wildman–Crippen MR) is 78.0 cm³/mol. The highest BCUT2D eigenvalue weighted by Crippen LogP contribution is 2.28.